The summed E-state index contributed by atoms with van der Waals surface area (Å²) in [6.07, 6.45) is 3.15. The van der Waals surface area contributed by atoms with E-state index in [4.69, 9.17) is 23.2 Å². The monoisotopic (exact) mass is 374 g/mol. The van der Waals surface area contributed by atoms with Crippen molar-refractivity contribution in [3.05, 3.63) is 81.9 Å². The molecule has 128 valence electrons. The normalized spacial score (nSPS) is 10.7. The van der Waals surface area contributed by atoms with E-state index in [1.54, 1.807) is 35.1 Å². The van der Waals surface area contributed by atoms with E-state index in [9.17, 15) is 4.79 Å². The van der Waals surface area contributed by atoms with Crippen molar-refractivity contribution in [3.63, 3.8) is 0 Å². The number of hydrogen-bond acceptors (Lipinski definition) is 3. The number of halogens is 2. The van der Waals surface area contributed by atoms with Crippen molar-refractivity contribution >= 4 is 29.1 Å². The Labute approximate surface area is 155 Å². The highest BCUT2D eigenvalue weighted by molar-refractivity contribution is 6.35. The minimum absolute atomic E-state index is 0.0710. The summed E-state index contributed by atoms with van der Waals surface area (Å²) in [7, 11) is 1.75. The van der Waals surface area contributed by atoms with Crippen LogP contribution in [0.5, 0.6) is 0 Å². The summed E-state index contributed by atoms with van der Waals surface area (Å²) in [5, 5.41) is 5.19. The molecule has 3 aromatic rings. The minimum atomic E-state index is -0.0710. The average molecular weight is 375 g/mol. The van der Waals surface area contributed by atoms with E-state index in [2.05, 4.69) is 10.1 Å². The fourth-order valence-corrected chi connectivity index (χ4v) is 2.92. The molecule has 5 nitrogen and oxygen atoms in total. The topological polar surface area (TPSA) is 51.0 Å². The van der Waals surface area contributed by atoms with Gasteiger partial charge in [0.15, 0.2) is 0 Å². The lowest BCUT2D eigenvalue weighted by molar-refractivity contribution is 0.0785. The number of nitrogens with zero attached hydrogens (tertiary/aromatic N) is 4. The Kier molecular flexibility index (Phi) is 5.36. The van der Waals surface area contributed by atoms with Crippen LogP contribution in [0.2, 0.25) is 10.0 Å². The quantitative estimate of drug-likeness (QED) is 0.680. The van der Waals surface area contributed by atoms with E-state index in [0.717, 1.165) is 11.1 Å². The van der Waals surface area contributed by atoms with Crippen LogP contribution in [0.3, 0.4) is 0 Å². The Balaban J connectivity index is 1.67. The molecule has 0 atom stereocenters. The molecular weight excluding hydrogens is 359 g/mol. The summed E-state index contributed by atoms with van der Waals surface area (Å²) in [6.45, 7) is 1.03. The molecule has 0 unspecified atom stereocenters. The fourth-order valence-electron chi connectivity index (χ4n) is 2.45. The molecule has 0 N–H and O–H groups in total. The molecule has 1 aromatic heterocycles. The van der Waals surface area contributed by atoms with E-state index >= 15 is 0 Å². The van der Waals surface area contributed by atoms with Crippen molar-refractivity contribution in [2.45, 2.75) is 13.1 Å². The van der Waals surface area contributed by atoms with Gasteiger partial charge in [-0.1, -0.05) is 41.4 Å². The Morgan fingerprint density at radius 2 is 1.92 bits per heavy atom. The lowest BCUT2D eigenvalue weighted by Crippen LogP contribution is -2.26. The van der Waals surface area contributed by atoms with Crippen LogP contribution in [0.4, 0.5) is 0 Å². The van der Waals surface area contributed by atoms with Gasteiger partial charge in [0, 0.05) is 29.2 Å². The number of carbonyl (C=O) groups is 1. The van der Waals surface area contributed by atoms with Gasteiger partial charge in [-0.15, -0.1) is 0 Å². The summed E-state index contributed by atoms with van der Waals surface area (Å²) < 4.78 is 1.73. The number of amides is 1. The molecule has 1 heterocycles. The number of aromatic nitrogens is 3. The SMILES string of the molecule is CN(Cc1ccc(Cl)cc1Cl)C(=O)c1ccc(Cn2cncn2)cc1. The van der Waals surface area contributed by atoms with Gasteiger partial charge >= 0.3 is 0 Å². The van der Waals surface area contributed by atoms with Gasteiger partial charge in [0.25, 0.3) is 5.91 Å². The summed E-state index contributed by atoms with van der Waals surface area (Å²) in [4.78, 5) is 18.1. The molecule has 0 saturated carbocycles. The molecule has 0 bridgehead atoms. The molecule has 0 aliphatic rings. The predicted molar refractivity (Wildman–Crippen MR) is 97.8 cm³/mol. The third kappa shape index (κ3) is 4.38. The molecule has 25 heavy (non-hydrogen) atoms. The van der Waals surface area contributed by atoms with Gasteiger partial charge in [0.1, 0.15) is 12.7 Å². The van der Waals surface area contributed by atoms with Gasteiger partial charge in [-0.05, 0) is 35.4 Å². The average Bonchev–Trinajstić information content (AvgIpc) is 3.10. The van der Waals surface area contributed by atoms with E-state index in [1.807, 2.05) is 30.3 Å². The predicted octanol–water partition coefficient (Wildman–Crippen LogP) is 3.91. The third-order valence-corrected chi connectivity index (χ3v) is 4.37. The fraction of sp³-hybridized carbons (Fsp3) is 0.167. The van der Waals surface area contributed by atoms with Crippen molar-refractivity contribution < 1.29 is 4.79 Å². The molecule has 0 fully saturated rings. The Hall–Kier alpha value is -2.37. The number of rotatable bonds is 5. The molecule has 1 amide bonds. The van der Waals surface area contributed by atoms with Gasteiger partial charge < -0.3 is 4.90 Å². The van der Waals surface area contributed by atoms with Crippen LogP contribution in [-0.4, -0.2) is 32.6 Å². The zero-order valence-electron chi connectivity index (χ0n) is 13.6. The lowest BCUT2D eigenvalue weighted by Gasteiger charge is -2.18. The highest BCUT2D eigenvalue weighted by Gasteiger charge is 2.13. The van der Waals surface area contributed by atoms with E-state index in [-0.39, 0.29) is 5.91 Å². The molecule has 0 radical (unpaired) electrons. The van der Waals surface area contributed by atoms with Gasteiger partial charge in [0.2, 0.25) is 0 Å². The standard InChI is InChI=1S/C18H16Cl2N4O/c1-23(10-15-6-7-16(19)8-17(15)20)18(25)14-4-2-13(3-5-14)9-24-12-21-11-22-24/h2-8,11-12H,9-10H2,1H3. The maximum absolute atomic E-state index is 12.6. The molecule has 7 heteroatoms. The van der Waals surface area contributed by atoms with Crippen molar-refractivity contribution in [1.29, 1.82) is 0 Å². The summed E-state index contributed by atoms with van der Waals surface area (Å²) in [6, 6.07) is 12.7. The number of hydrogen-bond donors (Lipinski definition) is 0. The lowest BCUT2D eigenvalue weighted by atomic mass is 10.1. The van der Waals surface area contributed by atoms with Crippen molar-refractivity contribution in [2.75, 3.05) is 7.05 Å². The molecule has 2 aromatic carbocycles. The first-order chi connectivity index (χ1) is 12.0. The van der Waals surface area contributed by atoms with Gasteiger partial charge in [0.05, 0.1) is 6.54 Å². The molecule has 0 saturated heterocycles. The summed E-state index contributed by atoms with van der Waals surface area (Å²) in [5.41, 5.74) is 2.52. The van der Waals surface area contributed by atoms with Crippen molar-refractivity contribution in [1.82, 2.24) is 19.7 Å². The van der Waals surface area contributed by atoms with Crippen LogP contribution in [0.15, 0.2) is 55.1 Å². The summed E-state index contributed by atoms with van der Waals surface area (Å²) >= 11 is 12.1. The number of carbonyl (C=O) groups excluding carboxylic acids is 1. The van der Waals surface area contributed by atoms with Crippen LogP contribution in [-0.2, 0) is 13.1 Å². The van der Waals surface area contributed by atoms with E-state index in [0.29, 0.717) is 28.7 Å². The number of benzene rings is 2. The zero-order valence-corrected chi connectivity index (χ0v) is 15.1. The molecule has 3 rings (SSSR count). The van der Waals surface area contributed by atoms with Crippen molar-refractivity contribution in [2.24, 2.45) is 0 Å². The Morgan fingerprint density at radius 1 is 1.16 bits per heavy atom. The largest absolute Gasteiger partial charge is 0.337 e. The minimum Gasteiger partial charge on any atom is -0.337 e. The highest BCUT2D eigenvalue weighted by atomic mass is 35.5. The van der Waals surface area contributed by atoms with Crippen LogP contribution in [0, 0.1) is 0 Å². The molecule has 0 aliphatic carbocycles. The van der Waals surface area contributed by atoms with Crippen LogP contribution in [0.25, 0.3) is 0 Å². The first-order valence-corrected chi connectivity index (χ1v) is 8.39. The Bertz CT molecular complexity index is 863. The maximum atomic E-state index is 12.6. The van der Waals surface area contributed by atoms with Crippen LogP contribution < -0.4 is 0 Å². The second-order valence-corrected chi connectivity index (χ2v) is 6.53. The molecule has 0 spiro atoms. The first kappa shape index (κ1) is 17.5. The highest BCUT2D eigenvalue weighted by Crippen LogP contribution is 2.22. The smallest absolute Gasteiger partial charge is 0.253 e. The van der Waals surface area contributed by atoms with E-state index < -0.39 is 0 Å². The molecule has 0 aliphatic heterocycles. The van der Waals surface area contributed by atoms with E-state index in [1.165, 1.54) is 6.33 Å². The first-order valence-electron chi connectivity index (χ1n) is 7.63. The van der Waals surface area contributed by atoms with Gasteiger partial charge in [-0.25, -0.2) is 9.67 Å². The van der Waals surface area contributed by atoms with Gasteiger partial charge in [-0.2, -0.15) is 5.10 Å². The van der Waals surface area contributed by atoms with Crippen LogP contribution >= 0.6 is 23.2 Å². The van der Waals surface area contributed by atoms with Gasteiger partial charge in [-0.3, -0.25) is 4.79 Å². The van der Waals surface area contributed by atoms with Crippen molar-refractivity contribution in [3.8, 4) is 0 Å². The zero-order chi connectivity index (χ0) is 17.8. The second kappa shape index (κ2) is 7.68. The maximum Gasteiger partial charge on any atom is 0.253 e. The molecular formula is C18H16Cl2N4O. The van der Waals surface area contributed by atoms with Crippen LogP contribution in [0.1, 0.15) is 21.5 Å². The third-order valence-electron chi connectivity index (χ3n) is 3.78. The Morgan fingerprint density at radius 3 is 2.56 bits per heavy atom. The summed E-state index contributed by atoms with van der Waals surface area (Å²) in [5.74, 6) is -0.0710. The second-order valence-electron chi connectivity index (χ2n) is 5.69.